The Kier molecular flexibility index (Phi) is 7.25. The van der Waals surface area contributed by atoms with E-state index in [0.29, 0.717) is 26.1 Å². The van der Waals surface area contributed by atoms with Crippen LogP contribution < -0.4 is 5.32 Å². The number of carbonyl (C=O) groups is 2. The van der Waals surface area contributed by atoms with Crippen molar-refractivity contribution < 1.29 is 19.4 Å². The summed E-state index contributed by atoms with van der Waals surface area (Å²) in [6.07, 6.45) is 5.42. The van der Waals surface area contributed by atoms with Crippen LogP contribution in [-0.4, -0.2) is 35.7 Å². The van der Waals surface area contributed by atoms with Gasteiger partial charge in [0.25, 0.3) is 0 Å². The highest BCUT2D eigenvalue weighted by atomic mass is 16.5. The molecule has 1 aliphatic rings. The Morgan fingerprint density at radius 2 is 1.83 bits per heavy atom. The van der Waals surface area contributed by atoms with Crippen LogP contribution in [0.4, 0.5) is 0 Å². The molecule has 0 spiro atoms. The van der Waals surface area contributed by atoms with Gasteiger partial charge in [0.2, 0.25) is 5.91 Å². The van der Waals surface area contributed by atoms with Gasteiger partial charge in [0.05, 0.1) is 18.6 Å². The van der Waals surface area contributed by atoms with E-state index in [4.69, 9.17) is 9.84 Å². The Balaban J connectivity index is 1.60. The maximum atomic E-state index is 12.1. The Bertz CT molecular complexity index is 523. The molecule has 0 heterocycles. The molecule has 2 N–H and O–H groups in total. The van der Waals surface area contributed by atoms with E-state index < -0.39 is 11.5 Å². The molecular formula is C19H27NO4. The highest BCUT2D eigenvalue weighted by Gasteiger charge is 2.37. The van der Waals surface area contributed by atoms with Crippen molar-refractivity contribution in [1.29, 1.82) is 0 Å². The van der Waals surface area contributed by atoms with E-state index in [-0.39, 0.29) is 12.3 Å². The van der Waals surface area contributed by atoms with Crippen molar-refractivity contribution in [2.24, 2.45) is 0 Å². The largest absolute Gasteiger partial charge is 0.481 e. The molecule has 1 fully saturated rings. The summed E-state index contributed by atoms with van der Waals surface area (Å²) >= 11 is 0. The summed E-state index contributed by atoms with van der Waals surface area (Å²) in [4.78, 5) is 23.1. The number of hydrogen-bond donors (Lipinski definition) is 2. The summed E-state index contributed by atoms with van der Waals surface area (Å²) in [5.74, 6) is -0.911. The number of benzene rings is 1. The van der Waals surface area contributed by atoms with Gasteiger partial charge in [-0.2, -0.15) is 0 Å². The van der Waals surface area contributed by atoms with Crippen molar-refractivity contribution in [3.63, 3.8) is 0 Å². The third-order valence-corrected chi connectivity index (χ3v) is 4.53. The smallest absolute Gasteiger partial charge is 0.305 e. The van der Waals surface area contributed by atoms with Crippen LogP contribution in [0.25, 0.3) is 0 Å². The van der Waals surface area contributed by atoms with Crippen LogP contribution in [0.1, 0.15) is 50.5 Å². The zero-order valence-corrected chi connectivity index (χ0v) is 14.1. The summed E-state index contributed by atoms with van der Waals surface area (Å²) in [7, 11) is 0. The molecule has 132 valence electrons. The van der Waals surface area contributed by atoms with Gasteiger partial charge in [-0.25, -0.2) is 0 Å². The lowest BCUT2D eigenvalue weighted by Crippen LogP contribution is -2.47. The fourth-order valence-corrected chi connectivity index (χ4v) is 3.32. The maximum absolute atomic E-state index is 12.1. The number of ether oxygens (including phenoxy) is 1. The molecule has 1 aliphatic carbocycles. The van der Waals surface area contributed by atoms with Gasteiger partial charge >= 0.3 is 5.97 Å². The van der Waals surface area contributed by atoms with E-state index in [1.165, 1.54) is 5.56 Å². The molecule has 24 heavy (non-hydrogen) atoms. The van der Waals surface area contributed by atoms with Gasteiger partial charge in [0.1, 0.15) is 0 Å². The number of carboxylic acids is 1. The standard InChI is InChI=1S/C19H27NO4/c21-17(20-19(15-18(22)23)11-4-5-12-19)9-6-13-24-14-10-16-7-2-1-3-8-16/h1-3,7-8H,4-6,9-15H2,(H,20,21)(H,22,23). The lowest BCUT2D eigenvalue weighted by Gasteiger charge is -2.28. The lowest BCUT2D eigenvalue weighted by atomic mass is 9.93. The summed E-state index contributed by atoms with van der Waals surface area (Å²) in [5, 5.41) is 12.0. The first-order valence-electron chi connectivity index (χ1n) is 8.74. The van der Waals surface area contributed by atoms with E-state index >= 15 is 0 Å². The minimum atomic E-state index is -0.846. The third kappa shape index (κ3) is 6.32. The van der Waals surface area contributed by atoms with Gasteiger partial charge in [0, 0.05) is 13.0 Å². The number of aliphatic carboxylic acids is 1. The van der Waals surface area contributed by atoms with E-state index in [0.717, 1.165) is 32.1 Å². The molecule has 5 nitrogen and oxygen atoms in total. The average Bonchev–Trinajstić information content (AvgIpc) is 2.98. The van der Waals surface area contributed by atoms with Crippen LogP contribution in [0.15, 0.2) is 30.3 Å². The van der Waals surface area contributed by atoms with Crippen molar-refractivity contribution in [3.05, 3.63) is 35.9 Å². The quantitative estimate of drug-likeness (QED) is 0.646. The summed E-state index contributed by atoms with van der Waals surface area (Å²) in [6, 6.07) is 10.1. The SMILES string of the molecule is O=C(O)CC1(NC(=O)CCCOCCc2ccccc2)CCCC1. The summed E-state index contributed by atoms with van der Waals surface area (Å²) in [5.41, 5.74) is 0.712. The second-order valence-electron chi connectivity index (χ2n) is 6.56. The molecule has 1 aromatic carbocycles. The molecule has 0 saturated heterocycles. The van der Waals surface area contributed by atoms with Crippen LogP contribution in [0.3, 0.4) is 0 Å². The first kappa shape index (κ1) is 18.5. The van der Waals surface area contributed by atoms with Gasteiger partial charge in [-0.1, -0.05) is 43.2 Å². The van der Waals surface area contributed by atoms with Crippen molar-refractivity contribution in [1.82, 2.24) is 5.32 Å². The second kappa shape index (κ2) is 9.42. The van der Waals surface area contributed by atoms with E-state index in [9.17, 15) is 9.59 Å². The molecular weight excluding hydrogens is 306 g/mol. The van der Waals surface area contributed by atoms with Crippen LogP contribution in [0.2, 0.25) is 0 Å². The number of amides is 1. The number of nitrogens with one attached hydrogen (secondary N) is 1. The monoisotopic (exact) mass is 333 g/mol. The highest BCUT2D eigenvalue weighted by molar-refractivity contribution is 5.78. The molecule has 1 saturated carbocycles. The predicted molar refractivity (Wildman–Crippen MR) is 91.8 cm³/mol. The summed E-state index contributed by atoms with van der Waals surface area (Å²) in [6.45, 7) is 1.20. The van der Waals surface area contributed by atoms with Gasteiger partial charge in [-0.05, 0) is 31.2 Å². The first-order chi connectivity index (χ1) is 11.6. The van der Waals surface area contributed by atoms with Crippen molar-refractivity contribution in [3.8, 4) is 0 Å². The number of hydrogen-bond acceptors (Lipinski definition) is 3. The molecule has 0 unspecified atom stereocenters. The molecule has 0 aromatic heterocycles. The topological polar surface area (TPSA) is 75.6 Å². The minimum Gasteiger partial charge on any atom is -0.481 e. The Labute approximate surface area is 143 Å². The predicted octanol–water partition coefficient (Wildman–Crippen LogP) is 2.93. The first-order valence-corrected chi connectivity index (χ1v) is 8.74. The highest BCUT2D eigenvalue weighted by Crippen LogP contribution is 2.32. The zero-order chi connectivity index (χ0) is 17.3. The lowest BCUT2D eigenvalue weighted by molar-refractivity contribution is -0.139. The van der Waals surface area contributed by atoms with E-state index in [2.05, 4.69) is 17.4 Å². The minimum absolute atomic E-state index is 0.0202. The fraction of sp³-hybridized carbons (Fsp3) is 0.579. The van der Waals surface area contributed by atoms with Crippen molar-refractivity contribution in [2.45, 2.75) is 56.9 Å². The average molecular weight is 333 g/mol. The molecule has 0 atom stereocenters. The van der Waals surface area contributed by atoms with Gasteiger partial charge < -0.3 is 15.2 Å². The zero-order valence-electron chi connectivity index (χ0n) is 14.1. The van der Waals surface area contributed by atoms with Crippen molar-refractivity contribution >= 4 is 11.9 Å². The normalized spacial score (nSPS) is 16.0. The Morgan fingerprint density at radius 1 is 1.12 bits per heavy atom. The van der Waals surface area contributed by atoms with Crippen LogP contribution in [-0.2, 0) is 20.7 Å². The van der Waals surface area contributed by atoms with Crippen molar-refractivity contribution in [2.75, 3.05) is 13.2 Å². The molecule has 0 radical (unpaired) electrons. The van der Waals surface area contributed by atoms with Crippen LogP contribution in [0.5, 0.6) is 0 Å². The number of carboxylic acid groups (broad SMARTS) is 1. The molecule has 0 aliphatic heterocycles. The van der Waals surface area contributed by atoms with Crippen LogP contribution >= 0.6 is 0 Å². The Morgan fingerprint density at radius 3 is 2.50 bits per heavy atom. The summed E-state index contributed by atoms with van der Waals surface area (Å²) < 4.78 is 5.57. The second-order valence-corrected chi connectivity index (χ2v) is 6.56. The molecule has 0 bridgehead atoms. The molecule has 1 aromatic rings. The third-order valence-electron chi connectivity index (χ3n) is 4.53. The number of rotatable bonds is 10. The van der Waals surface area contributed by atoms with Crippen LogP contribution in [0, 0.1) is 0 Å². The molecule has 1 amide bonds. The van der Waals surface area contributed by atoms with Gasteiger partial charge in [0.15, 0.2) is 0 Å². The fourth-order valence-electron chi connectivity index (χ4n) is 3.32. The number of carbonyl (C=O) groups excluding carboxylic acids is 1. The van der Waals surface area contributed by atoms with E-state index in [1.54, 1.807) is 0 Å². The molecule has 5 heteroatoms. The Hall–Kier alpha value is -1.88. The van der Waals surface area contributed by atoms with Gasteiger partial charge in [-0.3, -0.25) is 9.59 Å². The van der Waals surface area contributed by atoms with Gasteiger partial charge in [-0.15, -0.1) is 0 Å². The molecule has 2 rings (SSSR count). The maximum Gasteiger partial charge on any atom is 0.305 e. The van der Waals surface area contributed by atoms with E-state index in [1.807, 2.05) is 18.2 Å².